The van der Waals surface area contributed by atoms with Crippen molar-refractivity contribution < 1.29 is 18.0 Å². The normalized spacial score (nSPS) is 10.8. The predicted molar refractivity (Wildman–Crippen MR) is 67.5 cm³/mol. The van der Waals surface area contributed by atoms with E-state index in [4.69, 9.17) is 19.0 Å². The number of carbonyl (C=O) groups is 1. The molecule has 5 nitrogen and oxygen atoms in total. The Morgan fingerprint density at radius 2 is 1.63 bits per heavy atom. The number of rotatable bonds is 4. The van der Waals surface area contributed by atoms with Crippen molar-refractivity contribution in [3.63, 3.8) is 0 Å². The van der Waals surface area contributed by atoms with Gasteiger partial charge in [-0.1, -0.05) is 0 Å². The fourth-order valence-corrected chi connectivity index (χ4v) is 1.74. The van der Waals surface area contributed by atoms with Crippen LogP contribution in [0.3, 0.4) is 0 Å². The summed E-state index contributed by atoms with van der Waals surface area (Å²) in [5.41, 5.74) is 5.27. The maximum Gasteiger partial charge on any atom is 0.211 e. The minimum atomic E-state index is -0.246. The van der Waals surface area contributed by atoms with Crippen LogP contribution in [0.15, 0.2) is 55.9 Å². The molecule has 96 valence electrons. The lowest BCUT2D eigenvalue weighted by atomic mass is 10.3. The standard InChI is InChI=1S/C14H11NO4/c15-8-9(16)10-3-4-13(18-10)14-6-5-12(19-14)11-2-1-7-17-11/h1-7H,8,15H2. The maximum absolute atomic E-state index is 11.4. The molecule has 0 amide bonds. The molecule has 2 N–H and O–H groups in total. The smallest absolute Gasteiger partial charge is 0.211 e. The SMILES string of the molecule is NCC(=O)c1ccc(-c2ccc(-c3ccco3)o2)o1. The van der Waals surface area contributed by atoms with Gasteiger partial charge in [-0.05, 0) is 36.4 Å². The van der Waals surface area contributed by atoms with E-state index in [9.17, 15) is 4.79 Å². The van der Waals surface area contributed by atoms with Crippen molar-refractivity contribution in [3.8, 4) is 23.0 Å². The van der Waals surface area contributed by atoms with E-state index >= 15 is 0 Å². The average molecular weight is 257 g/mol. The lowest BCUT2D eigenvalue weighted by Gasteiger charge is -1.93. The Kier molecular flexibility index (Phi) is 2.81. The number of nitrogens with two attached hydrogens (primary N) is 1. The zero-order valence-corrected chi connectivity index (χ0v) is 9.96. The lowest BCUT2D eigenvalue weighted by molar-refractivity contribution is 0.0976. The van der Waals surface area contributed by atoms with Crippen LogP contribution in [0.2, 0.25) is 0 Å². The second-order valence-electron chi connectivity index (χ2n) is 3.93. The molecule has 0 spiro atoms. The molecule has 0 fully saturated rings. The first-order valence-electron chi connectivity index (χ1n) is 5.75. The molecule has 0 saturated carbocycles. The van der Waals surface area contributed by atoms with Crippen LogP contribution in [0, 0.1) is 0 Å². The monoisotopic (exact) mass is 257 g/mol. The van der Waals surface area contributed by atoms with Gasteiger partial charge in [-0.2, -0.15) is 0 Å². The van der Waals surface area contributed by atoms with Gasteiger partial charge in [-0.25, -0.2) is 0 Å². The number of hydrogen-bond donors (Lipinski definition) is 1. The fourth-order valence-electron chi connectivity index (χ4n) is 1.74. The second kappa shape index (κ2) is 4.62. The van der Waals surface area contributed by atoms with Crippen molar-refractivity contribution in [3.05, 3.63) is 48.4 Å². The van der Waals surface area contributed by atoms with Gasteiger partial charge >= 0.3 is 0 Å². The number of ketones is 1. The van der Waals surface area contributed by atoms with Crippen molar-refractivity contribution >= 4 is 5.78 Å². The highest BCUT2D eigenvalue weighted by atomic mass is 16.4. The molecule has 0 atom stereocenters. The van der Waals surface area contributed by atoms with Gasteiger partial charge in [0, 0.05) is 0 Å². The summed E-state index contributed by atoms with van der Waals surface area (Å²) in [5.74, 6) is 2.23. The Bertz CT molecular complexity index is 691. The van der Waals surface area contributed by atoms with Gasteiger partial charge in [0.05, 0.1) is 12.8 Å². The highest BCUT2D eigenvalue weighted by molar-refractivity contribution is 5.95. The van der Waals surface area contributed by atoms with E-state index in [1.165, 1.54) is 0 Å². The predicted octanol–water partition coefficient (Wildman–Crippen LogP) is 2.94. The molecule has 3 rings (SSSR count). The third kappa shape index (κ3) is 2.11. The first kappa shape index (κ1) is 11.6. The van der Waals surface area contributed by atoms with Crippen LogP contribution in [0.4, 0.5) is 0 Å². The molecule has 19 heavy (non-hydrogen) atoms. The number of furan rings is 3. The maximum atomic E-state index is 11.4. The summed E-state index contributed by atoms with van der Waals surface area (Å²) in [6.45, 7) is -0.0806. The van der Waals surface area contributed by atoms with Crippen LogP contribution < -0.4 is 5.73 Å². The van der Waals surface area contributed by atoms with Crippen molar-refractivity contribution in [2.24, 2.45) is 5.73 Å². The van der Waals surface area contributed by atoms with E-state index in [-0.39, 0.29) is 18.1 Å². The summed E-state index contributed by atoms with van der Waals surface area (Å²) < 4.78 is 16.2. The van der Waals surface area contributed by atoms with Crippen molar-refractivity contribution in [1.29, 1.82) is 0 Å². The van der Waals surface area contributed by atoms with Gasteiger partial charge in [-0.15, -0.1) is 0 Å². The Hall–Kier alpha value is -2.53. The Morgan fingerprint density at radius 1 is 0.947 bits per heavy atom. The molecule has 5 heteroatoms. The molecule has 3 heterocycles. The van der Waals surface area contributed by atoms with Gasteiger partial charge < -0.3 is 19.0 Å². The van der Waals surface area contributed by atoms with Gasteiger partial charge in [0.15, 0.2) is 28.8 Å². The van der Waals surface area contributed by atoms with Crippen LogP contribution in [-0.4, -0.2) is 12.3 Å². The van der Waals surface area contributed by atoms with E-state index in [1.807, 2.05) is 0 Å². The summed E-state index contributed by atoms with van der Waals surface area (Å²) in [6, 6.07) is 10.4. The van der Waals surface area contributed by atoms with Gasteiger partial charge in [0.2, 0.25) is 5.78 Å². The third-order valence-corrected chi connectivity index (χ3v) is 2.68. The molecular formula is C14H11NO4. The van der Waals surface area contributed by atoms with E-state index in [0.29, 0.717) is 23.0 Å². The summed E-state index contributed by atoms with van der Waals surface area (Å²) in [4.78, 5) is 11.4. The summed E-state index contributed by atoms with van der Waals surface area (Å²) in [6.07, 6.45) is 1.57. The molecule has 3 aromatic rings. The van der Waals surface area contributed by atoms with E-state index in [1.54, 1.807) is 42.7 Å². The minimum absolute atomic E-state index is 0.0806. The summed E-state index contributed by atoms with van der Waals surface area (Å²) >= 11 is 0. The Labute approximate surface area is 108 Å². The largest absolute Gasteiger partial charge is 0.461 e. The minimum Gasteiger partial charge on any atom is -0.461 e. The molecule has 3 aromatic heterocycles. The average Bonchev–Trinajstić information content (AvgIpc) is 3.14. The van der Waals surface area contributed by atoms with Crippen LogP contribution in [-0.2, 0) is 0 Å². The number of carbonyl (C=O) groups excluding carboxylic acids is 1. The molecule has 0 bridgehead atoms. The number of Topliss-reactive ketones (excluding diaryl/α,β-unsaturated/α-hetero) is 1. The first-order valence-corrected chi connectivity index (χ1v) is 5.75. The zero-order chi connectivity index (χ0) is 13.2. The van der Waals surface area contributed by atoms with Crippen molar-refractivity contribution in [2.45, 2.75) is 0 Å². The van der Waals surface area contributed by atoms with Gasteiger partial charge in [-0.3, -0.25) is 4.79 Å². The van der Waals surface area contributed by atoms with Crippen LogP contribution >= 0.6 is 0 Å². The quantitative estimate of drug-likeness (QED) is 0.726. The van der Waals surface area contributed by atoms with Crippen LogP contribution in [0.1, 0.15) is 10.6 Å². The first-order chi connectivity index (χ1) is 9.28. The van der Waals surface area contributed by atoms with Gasteiger partial charge in [0.25, 0.3) is 0 Å². The number of hydrogen-bond acceptors (Lipinski definition) is 5. The van der Waals surface area contributed by atoms with Crippen LogP contribution in [0.5, 0.6) is 0 Å². The molecule has 0 aromatic carbocycles. The summed E-state index contributed by atoms with van der Waals surface area (Å²) in [7, 11) is 0. The topological polar surface area (TPSA) is 82.5 Å². The highest BCUT2D eigenvalue weighted by Crippen LogP contribution is 2.29. The molecular weight excluding hydrogens is 246 g/mol. The van der Waals surface area contributed by atoms with E-state index < -0.39 is 0 Å². The lowest BCUT2D eigenvalue weighted by Crippen LogP contribution is -2.12. The van der Waals surface area contributed by atoms with Crippen molar-refractivity contribution in [2.75, 3.05) is 6.54 Å². The molecule has 0 aliphatic rings. The zero-order valence-electron chi connectivity index (χ0n) is 9.96. The van der Waals surface area contributed by atoms with Crippen molar-refractivity contribution in [1.82, 2.24) is 0 Å². The summed E-state index contributed by atoms with van der Waals surface area (Å²) in [5, 5.41) is 0. The molecule has 0 saturated heterocycles. The Balaban J connectivity index is 1.91. The highest BCUT2D eigenvalue weighted by Gasteiger charge is 2.14. The Morgan fingerprint density at radius 3 is 2.32 bits per heavy atom. The second-order valence-corrected chi connectivity index (χ2v) is 3.93. The fraction of sp³-hybridized carbons (Fsp3) is 0.0714. The van der Waals surface area contributed by atoms with Crippen LogP contribution in [0.25, 0.3) is 23.0 Å². The molecule has 0 radical (unpaired) electrons. The van der Waals surface area contributed by atoms with E-state index in [2.05, 4.69) is 0 Å². The molecule has 0 unspecified atom stereocenters. The van der Waals surface area contributed by atoms with Gasteiger partial charge in [0.1, 0.15) is 0 Å². The molecule has 0 aliphatic carbocycles. The third-order valence-electron chi connectivity index (χ3n) is 2.68. The molecule has 0 aliphatic heterocycles. The van der Waals surface area contributed by atoms with E-state index in [0.717, 1.165) is 0 Å².